The third-order valence-corrected chi connectivity index (χ3v) is 1.16. The van der Waals surface area contributed by atoms with E-state index in [0.29, 0.717) is 13.1 Å². The molecule has 0 spiro atoms. The minimum atomic E-state index is 0. The van der Waals surface area contributed by atoms with Crippen molar-refractivity contribution < 1.29 is 9.53 Å². The Hall–Kier alpha value is -1.25. The van der Waals surface area contributed by atoms with E-state index < -0.39 is 0 Å². The quantitative estimate of drug-likeness (QED) is 0.470. The Bertz CT molecular complexity index is 199. The summed E-state index contributed by atoms with van der Waals surface area (Å²) >= 11 is 0. The molecule has 0 aliphatic heterocycles. The van der Waals surface area contributed by atoms with Gasteiger partial charge in [-0.25, -0.2) is 0 Å². The van der Waals surface area contributed by atoms with Crippen molar-refractivity contribution in [3.63, 3.8) is 0 Å². The van der Waals surface area contributed by atoms with Crippen LogP contribution in [0.15, 0.2) is 30.3 Å². The van der Waals surface area contributed by atoms with Gasteiger partial charge in [-0.05, 0) is 5.56 Å². The van der Waals surface area contributed by atoms with Gasteiger partial charge in [0, 0.05) is 8.41 Å². The van der Waals surface area contributed by atoms with Gasteiger partial charge < -0.3 is 4.74 Å². The summed E-state index contributed by atoms with van der Waals surface area (Å²) in [5.41, 5.74) is 1.01. The number of carbonyl (C=O) groups is 1. The van der Waals surface area contributed by atoms with Crippen molar-refractivity contribution in [3.05, 3.63) is 35.9 Å². The molecule has 1 aromatic rings. The molecule has 0 saturated heterocycles. The summed E-state index contributed by atoms with van der Waals surface area (Å²) in [6, 6.07) is 9.55. The summed E-state index contributed by atoms with van der Waals surface area (Å²) in [4.78, 5) is 9.76. The lowest BCUT2D eigenvalue weighted by atomic mass is 10.2. The van der Waals surface area contributed by atoms with E-state index in [1.807, 2.05) is 30.3 Å². The lowest BCUT2D eigenvalue weighted by Gasteiger charge is -1.95. The fraction of sp³-hybridized carbons (Fsp3) is 0.125. The van der Waals surface area contributed by atoms with Crippen molar-refractivity contribution in [2.24, 2.45) is 0 Å². The van der Waals surface area contributed by atoms with Gasteiger partial charge in [-0.3, -0.25) is 4.79 Å². The lowest BCUT2D eigenvalue weighted by molar-refractivity contribution is -0.129. The zero-order valence-electron chi connectivity index (χ0n) is 6.07. The topological polar surface area (TPSA) is 26.3 Å². The molecule has 0 amide bonds. The standard InChI is InChI=1S/C8H8O2.B/c9-7-10-6-8-4-2-1-3-5-8;/h1-5,7H,6H2;. The predicted molar refractivity (Wildman–Crippen MR) is 43.0 cm³/mol. The largest absolute Gasteiger partial charge is 0.463 e. The average molecular weight is 147 g/mol. The molecule has 0 aliphatic carbocycles. The van der Waals surface area contributed by atoms with Crippen molar-refractivity contribution in [2.75, 3.05) is 0 Å². The maximum atomic E-state index is 9.76. The second-order valence-corrected chi connectivity index (χ2v) is 1.89. The molecule has 0 fully saturated rings. The molecule has 11 heavy (non-hydrogen) atoms. The van der Waals surface area contributed by atoms with Gasteiger partial charge in [-0.1, -0.05) is 30.3 Å². The summed E-state index contributed by atoms with van der Waals surface area (Å²) in [5, 5.41) is 0. The van der Waals surface area contributed by atoms with Gasteiger partial charge in [0.05, 0.1) is 0 Å². The molecule has 0 saturated carbocycles. The maximum Gasteiger partial charge on any atom is 0.293 e. The van der Waals surface area contributed by atoms with E-state index >= 15 is 0 Å². The van der Waals surface area contributed by atoms with Crippen LogP contribution in [-0.2, 0) is 16.1 Å². The van der Waals surface area contributed by atoms with Gasteiger partial charge in [0.15, 0.2) is 0 Å². The van der Waals surface area contributed by atoms with Crippen molar-refractivity contribution in [1.29, 1.82) is 0 Å². The van der Waals surface area contributed by atoms with Crippen LogP contribution in [0.1, 0.15) is 5.56 Å². The molecule has 2 nitrogen and oxygen atoms in total. The van der Waals surface area contributed by atoms with Gasteiger partial charge in [0.2, 0.25) is 0 Å². The second kappa shape index (κ2) is 5.53. The highest BCUT2D eigenvalue weighted by molar-refractivity contribution is 5.75. The summed E-state index contributed by atoms with van der Waals surface area (Å²) in [7, 11) is 0. The first-order chi connectivity index (χ1) is 4.93. The minimum absolute atomic E-state index is 0. The normalized spacial score (nSPS) is 8.00. The van der Waals surface area contributed by atoms with Crippen LogP contribution < -0.4 is 0 Å². The number of hydrogen-bond acceptors (Lipinski definition) is 2. The van der Waals surface area contributed by atoms with E-state index in [-0.39, 0.29) is 8.41 Å². The first-order valence-electron chi connectivity index (χ1n) is 3.02. The van der Waals surface area contributed by atoms with Crippen molar-refractivity contribution in [3.8, 4) is 0 Å². The Morgan fingerprint density at radius 1 is 1.27 bits per heavy atom. The number of carbonyl (C=O) groups excluding carboxylic acids is 1. The molecule has 0 aliphatic rings. The maximum absolute atomic E-state index is 9.76. The average Bonchev–Trinajstić information content (AvgIpc) is 2.03. The van der Waals surface area contributed by atoms with Crippen LogP contribution >= 0.6 is 0 Å². The highest BCUT2D eigenvalue weighted by Crippen LogP contribution is 1.98. The first kappa shape index (κ1) is 9.75. The Morgan fingerprint density at radius 3 is 2.45 bits per heavy atom. The highest BCUT2D eigenvalue weighted by atomic mass is 16.5. The molecule has 1 rings (SSSR count). The molecule has 3 radical (unpaired) electrons. The summed E-state index contributed by atoms with van der Waals surface area (Å²) in [6.45, 7) is 0.817. The number of rotatable bonds is 3. The smallest absolute Gasteiger partial charge is 0.293 e. The van der Waals surface area contributed by atoms with Crippen molar-refractivity contribution in [1.82, 2.24) is 0 Å². The predicted octanol–water partition coefficient (Wildman–Crippen LogP) is 0.979. The van der Waals surface area contributed by atoms with E-state index in [9.17, 15) is 4.79 Å². The molecule has 0 aromatic heterocycles. The number of benzene rings is 1. The molecule has 0 heterocycles. The van der Waals surface area contributed by atoms with E-state index in [2.05, 4.69) is 4.74 Å². The summed E-state index contributed by atoms with van der Waals surface area (Å²) in [6.07, 6.45) is 0. The Morgan fingerprint density at radius 2 is 1.91 bits per heavy atom. The van der Waals surface area contributed by atoms with E-state index in [4.69, 9.17) is 0 Å². The third-order valence-electron chi connectivity index (χ3n) is 1.16. The van der Waals surface area contributed by atoms with Crippen LogP contribution in [0.25, 0.3) is 0 Å². The van der Waals surface area contributed by atoms with Crippen LogP contribution in [0, 0.1) is 0 Å². The van der Waals surface area contributed by atoms with Gasteiger partial charge in [-0.15, -0.1) is 0 Å². The SMILES string of the molecule is O=COCc1ccccc1.[B]. The van der Waals surface area contributed by atoms with Gasteiger partial charge in [0.25, 0.3) is 6.47 Å². The molecule has 0 bridgehead atoms. The molecule has 0 unspecified atom stereocenters. The molecule has 3 heteroatoms. The lowest BCUT2D eigenvalue weighted by Crippen LogP contribution is -1.88. The highest BCUT2D eigenvalue weighted by Gasteiger charge is 1.87. The monoisotopic (exact) mass is 147 g/mol. The van der Waals surface area contributed by atoms with E-state index in [1.54, 1.807) is 0 Å². The van der Waals surface area contributed by atoms with Crippen LogP contribution in [0.3, 0.4) is 0 Å². The fourth-order valence-corrected chi connectivity index (χ4v) is 0.704. The minimum Gasteiger partial charge on any atom is -0.463 e. The molecule has 55 valence electrons. The molecule has 0 atom stereocenters. The summed E-state index contributed by atoms with van der Waals surface area (Å²) < 4.78 is 4.54. The van der Waals surface area contributed by atoms with Crippen LogP contribution in [0.5, 0.6) is 0 Å². The molecule has 1 aromatic carbocycles. The van der Waals surface area contributed by atoms with Crippen LogP contribution in [-0.4, -0.2) is 14.9 Å². The van der Waals surface area contributed by atoms with Crippen molar-refractivity contribution >= 4 is 14.9 Å². The number of hydrogen-bond donors (Lipinski definition) is 0. The Balaban J connectivity index is 0.000001000. The van der Waals surface area contributed by atoms with E-state index in [1.165, 1.54) is 0 Å². The fourth-order valence-electron chi connectivity index (χ4n) is 0.704. The zero-order valence-corrected chi connectivity index (χ0v) is 6.07. The van der Waals surface area contributed by atoms with Crippen LogP contribution in [0.4, 0.5) is 0 Å². The number of ether oxygens (including phenoxy) is 1. The first-order valence-corrected chi connectivity index (χ1v) is 3.02. The Kier molecular flexibility index (Phi) is 4.91. The Labute approximate surface area is 67.8 Å². The van der Waals surface area contributed by atoms with Crippen LogP contribution in [0.2, 0.25) is 0 Å². The zero-order chi connectivity index (χ0) is 7.23. The van der Waals surface area contributed by atoms with E-state index in [0.717, 1.165) is 5.56 Å². The van der Waals surface area contributed by atoms with Crippen molar-refractivity contribution in [2.45, 2.75) is 6.61 Å². The molecule has 0 N–H and O–H groups in total. The van der Waals surface area contributed by atoms with Gasteiger partial charge in [0.1, 0.15) is 6.61 Å². The summed E-state index contributed by atoms with van der Waals surface area (Å²) in [5.74, 6) is 0. The third kappa shape index (κ3) is 3.45. The second-order valence-electron chi connectivity index (χ2n) is 1.89. The molecular weight excluding hydrogens is 139 g/mol. The van der Waals surface area contributed by atoms with Gasteiger partial charge >= 0.3 is 0 Å². The molecular formula is C8H8BO2. The van der Waals surface area contributed by atoms with Gasteiger partial charge in [-0.2, -0.15) is 0 Å².